The van der Waals surface area contributed by atoms with E-state index in [2.05, 4.69) is 13.5 Å². The molecule has 1 heterocycles. The standard InChI is InChI=1S/C20H25N3O2/c1-4-13-25-19(24)12-8-9-16(3)23-18(21)14-15(2)20(22-23)17-10-6-5-7-11-17/h4-7,10-11,14,16,21H,1,8-9,12-13H2,2-3H3/p+1. The van der Waals surface area contributed by atoms with Crippen LogP contribution in [0.3, 0.4) is 0 Å². The number of aryl methyl sites for hydroxylation is 1. The van der Waals surface area contributed by atoms with Crippen LogP contribution >= 0.6 is 0 Å². The van der Waals surface area contributed by atoms with Crippen LogP contribution in [-0.4, -0.2) is 17.7 Å². The number of hydrogen-bond acceptors (Lipinski definition) is 4. The Hall–Kier alpha value is -2.69. The molecule has 0 saturated carbocycles. The second-order valence-electron chi connectivity index (χ2n) is 6.12. The Morgan fingerprint density at radius 3 is 2.80 bits per heavy atom. The van der Waals surface area contributed by atoms with Crippen molar-refractivity contribution in [2.75, 3.05) is 12.3 Å². The van der Waals surface area contributed by atoms with Gasteiger partial charge >= 0.3 is 5.97 Å². The number of carbonyl (C=O) groups excluding carboxylic acids is 1. The molecule has 5 heteroatoms. The van der Waals surface area contributed by atoms with Gasteiger partial charge in [-0.3, -0.25) is 10.5 Å². The average molecular weight is 340 g/mol. The molecule has 25 heavy (non-hydrogen) atoms. The van der Waals surface area contributed by atoms with E-state index in [9.17, 15) is 4.79 Å². The molecule has 5 nitrogen and oxygen atoms in total. The SMILES string of the molecule is C=CCOC(=O)CCCC(C)[n+]1nc(-c2ccccc2)c(C)cc1N. The maximum absolute atomic E-state index is 11.6. The zero-order valence-electron chi connectivity index (χ0n) is 14.9. The number of hydrogen-bond donors (Lipinski definition) is 1. The van der Waals surface area contributed by atoms with Crippen molar-refractivity contribution in [1.82, 2.24) is 5.10 Å². The quantitative estimate of drug-likeness (QED) is 0.454. The summed E-state index contributed by atoms with van der Waals surface area (Å²) in [6, 6.07) is 12.1. The highest BCUT2D eigenvalue weighted by Crippen LogP contribution is 2.21. The molecule has 1 aromatic heterocycles. The fourth-order valence-electron chi connectivity index (χ4n) is 2.72. The molecular weight excluding hydrogens is 314 g/mol. The van der Waals surface area contributed by atoms with Gasteiger partial charge in [-0.1, -0.05) is 48.1 Å². The Labute approximate surface area is 149 Å². The largest absolute Gasteiger partial charge is 0.461 e. The molecule has 0 aliphatic carbocycles. The third-order valence-electron chi connectivity index (χ3n) is 4.04. The van der Waals surface area contributed by atoms with E-state index >= 15 is 0 Å². The third kappa shape index (κ3) is 5.14. The average Bonchev–Trinajstić information content (AvgIpc) is 2.60. The maximum Gasteiger partial charge on any atom is 0.306 e. The molecule has 1 aromatic carbocycles. The number of nitrogens with two attached hydrogens (primary N) is 1. The number of anilines is 1. The second kappa shape index (κ2) is 8.97. The molecule has 2 N–H and O–H groups in total. The fourth-order valence-corrected chi connectivity index (χ4v) is 2.72. The van der Waals surface area contributed by atoms with Crippen molar-refractivity contribution < 1.29 is 14.2 Å². The Bertz CT molecular complexity index is 729. The minimum Gasteiger partial charge on any atom is -0.461 e. The molecule has 0 fully saturated rings. The van der Waals surface area contributed by atoms with Gasteiger partial charge in [-0.2, -0.15) is 0 Å². The summed E-state index contributed by atoms with van der Waals surface area (Å²) < 4.78 is 6.83. The summed E-state index contributed by atoms with van der Waals surface area (Å²) in [5, 5.41) is 4.75. The number of aromatic nitrogens is 2. The van der Waals surface area contributed by atoms with Gasteiger partial charge in [-0.25, -0.2) is 0 Å². The van der Waals surface area contributed by atoms with Gasteiger partial charge in [0, 0.05) is 18.1 Å². The molecule has 1 atom stereocenters. The van der Waals surface area contributed by atoms with Crippen LogP contribution in [0.1, 0.15) is 37.8 Å². The van der Waals surface area contributed by atoms with E-state index in [1.807, 2.05) is 48.0 Å². The van der Waals surface area contributed by atoms with Crippen LogP contribution in [0.5, 0.6) is 0 Å². The Morgan fingerprint density at radius 2 is 2.12 bits per heavy atom. The van der Waals surface area contributed by atoms with E-state index in [0.29, 0.717) is 12.2 Å². The lowest BCUT2D eigenvalue weighted by molar-refractivity contribution is -0.761. The normalized spacial score (nSPS) is 11.8. The zero-order chi connectivity index (χ0) is 18.2. The lowest BCUT2D eigenvalue weighted by Crippen LogP contribution is -2.45. The van der Waals surface area contributed by atoms with Crippen LogP contribution in [0.25, 0.3) is 11.3 Å². The van der Waals surface area contributed by atoms with E-state index in [1.165, 1.54) is 0 Å². The fraction of sp³-hybridized carbons (Fsp3) is 0.350. The van der Waals surface area contributed by atoms with Gasteiger partial charge < -0.3 is 4.74 Å². The summed E-state index contributed by atoms with van der Waals surface area (Å²) in [7, 11) is 0. The number of benzene rings is 1. The molecule has 132 valence electrons. The van der Waals surface area contributed by atoms with Crippen LogP contribution in [-0.2, 0) is 9.53 Å². The van der Waals surface area contributed by atoms with E-state index < -0.39 is 0 Å². The molecule has 0 aliphatic rings. The van der Waals surface area contributed by atoms with Crippen molar-refractivity contribution in [2.45, 2.75) is 39.2 Å². The van der Waals surface area contributed by atoms with Crippen LogP contribution in [0, 0.1) is 6.92 Å². The smallest absolute Gasteiger partial charge is 0.306 e. The van der Waals surface area contributed by atoms with Gasteiger partial charge in [0.05, 0.1) is 0 Å². The van der Waals surface area contributed by atoms with Gasteiger partial charge in [0.25, 0.3) is 5.82 Å². The number of ether oxygens (including phenoxy) is 1. The van der Waals surface area contributed by atoms with Crippen LogP contribution in [0.2, 0.25) is 0 Å². The van der Waals surface area contributed by atoms with Gasteiger partial charge in [0.1, 0.15) is 18.3 Å². The number of nitrogens with zero attached hydrogens (tertiary/aromatic N) is 2. The third-order valence-corrected chi connectivity index (χ3v) is 4.04. The van der Waals surface area contributed by atoms with Crippen LogP contribution in [0.4, 0.5) is 5.82 Å². The van der Waals surface area contributed by atoms with E-state index in [1.54, 1.807) is 6.08 Å². The predicted octanol–water partition coefficient (Wildman–Crippen LogP) is 3.39. The van der Waals surface area contributed by atoms with Crippen molar-refractivity contribution in [2.24, 2.45) is 0 Å². The van der Waals surface area contributed by atoms with E-state index in [4.69, 9.17) is 15.6 Å². The Balaban J connectivity index is 2.08. The van der Waals surface area contributed by atoms with Gasteiger partial charge in [-0.05, 0) is 32.3 Å². The van der Waals surface area contributed by atoms with Crippen molar-refractivity contribution >= 4 is 11.8 Å². The lowest BCUT2D eigenvalue weighted by Gasteiger charge is -2.13. The highest BCUT2D eigenvalue weighted by atomic mass is 16.5. The molecule has 0 amide bonds. The van der Waals surface area contributed by atoms with Crippen LogP contribution < -0.4 is 10.4 Å². The molecule has 0 saturated heterocycles. The predicted molar refractivity (Wildman–Crippen MR) is 98.7 cm³/mol. The topological polar surface area (TPSA) is 69.1 Å². The minimum absolute atomic E-state index is 0.0928. The minimum atomic E-state index is -0.202. The summed E-state index contributed by atoms with van der Waals surface area (Å²) in [6.07, 6.45) is 3.47. The van der Waals surface area contributed by atoms with E-state index in [-0.39, 0.29) is 18.6 Å². The molecule has 2 aromatic rings. The van der Waals surface area contributed by atoms with Gasteiger partial charge in [0.15, 0.2) is 0 Å². The summed E-state index contributed by atoms with van der Waals surface area (Å²) in [6.45, 7) is 7.86. The first-order chi connectivity index (χ1) is 12.0. The Kier molecular flexibility index (Phi) is 6.69. The summed E-state index contributed by atoms with van der Waals surface area (Å²) in [4.78, 5) is 11.6. The lowest BCUT2D eigenvalue weighted by atomic mass is 10.1. The van der Waals surface area contributed by atoms with Crippen LogP contribution in [0.15, 0.2) is 49.1 Å². The van der Waals surface area contributed by atoms with Crippen molar-refractivity contribution in [3.63, 3.8) is 0 Å². The molecule has 0 aliphatic heterocycles. The monoisotopic (exact) mass is 340 g/mol. The maximum atomic E-state index is 11.6. The van der Waals surface area contributed by atoms with Crippen molar-refractivity contribution in [1.29, 1.82) is 0 Å². The summed E-state index contributed by atoms with van der Waals surface area (Å²) >= 11 is 0. The number of nitrogen functional groups attached to an aromatic ring is 1. The first kappa shape index (κ1) is 18.6. The molecule has 0 radical (unpaired) electrons. The first-order valence-corrected chi connectivity index (χ1v) is 8.53. The van der Waals surface area contributed by atoms with Gasteiger partial charge in [-0.15, -0.1) is 4.68 Å². The zero-order valence-corrected chi connectivity index (χ0v) is 14.9. The first-order valence-electron chi connectivity index (χ1n) is 8.53. The molecular formula is C20H26N3O2+. The highest BCUT2D eigenvalue weighted by molar-refractivity contribution is 5.69. The number of carbonyl (C=O) groups is 1. The van der Waals surface area contributed by atoms with E-state index in [0.717, 1.165) is 29.7 Å². The number of esters is 1. The van der Waals surface area contributed by atoms with Crippen molar-refractivity contribution in [3.05, 3.63) is 54.6 Å². The summed E-state index contributed by atoms with van der Waals surface area (Å²) in [5.74, 6) is 0.422. The second-order valence-corrected chi connectivity index (χ2v) is 6.12. The molecule has 2 rings (SSSR count). The van der Waals surface area contributed by atoms with Crippen molar-refractivity contribution in [3.8, 4) is 11.3 Å². The van der Waals surface area contributed by atoms with Gasteiger partial charge in [0.2, 0.25) is 0 Å². The summed E-state index contributed by atoms with van der Waals surface area (Å²) in [5.41, 5.74) is 9.19. The molecule has 1 unspecified atom stereocenters. The highest BCUT2D eigenvalue weighted by Gasteiger charge is 2.19. The molecule has 0 spiro atoms. The number of rotatable bonds is 8. The molecule has 0 bridgehead atoms. The Morgan fingerprint density at radius 1 is 1.40 bits per heavy atom.